The van der Waals surface area contributed by atoms with Crippen LogP contribution in [0.1, 0.15) is 32.1 Å². The van der Waals surface area contributed by atoms with Crippen LogP contribution in [0.3, 0.4) is 0 Å². The van der Waals surface area contributed by atoms with Crippen molar-refractivity contribution in [3.05, 3.63) is 11.1 Å². The Kier molecular flexibility index (Phi) is 3.71. The van der Waals surface area contributed by atoms with Gasteiger partial charge in [-0.25, -0.2) is 0 Å². The monoisotopic (exact) mass is 185 g/mol. The lowest BCUT2D eigenvalue weighted by Gasteiger charge is -2.13. The number of allylic oxidation sites excluding steroid dienone is 2. The van der Waals surface area contributed by atoms with E-state index in [9.17, 15) is 0 Å². The summed E-state index contributed by atoms with van der Waals surface area (Å²) in [5, 5.41) is 26.6. The first-order valence-electron chi connectivity index (χ1n) is 4.76. The van der Waals surface area contributed by atoms with E-state index in [1.54, 1.807) is 0 Å². The van der Waals surface area contributed by atoms with Gasteiger partial charge in [0.25, 0.3) is 0 Å². The minimum absolute atomic E-state index is 0.366. The molecule has 1 aliphatic rings. The average molecular weight is 185 g/mol. The molecule has 0 aromatic rings. The van der Waals surface area contributed by atoms with Crippen LogP contribution < -0.4 is 0 Å². The van der Waals surface area contributed by atoms with Gasteiger partial charge in [-0.05, 0) is 19.3 Å². The zero-order valence-electron chi connectivity index (χ0n) is 7.95. The Labute approximate surface area is 83.9 Å². The molecule has 0 radical (unpaired) electrons. The van der Waals surface area contributed by atoms with E-state index in [2.05, 4.69) is 6.07 Å². The van der Waals surface area contributed by atoms with Crippen molar-refractivity contribution in [2.75, 3.05) is 0 Å². The second-order valence-corrected chi connectivity index (χ2v) is 3.40. The summed E-state index contributed by atoms with van der Waals surface area (Å²) in [6, 6.07) is 6.16. The second kappa shape index (κ2) is 5.05. The highest BCUT2D eigenvalue weighted by Crippen LogP contribution is 2.26. The zero-order chi connectivity index (χ0) is 10.4. The van der Waals surface area contributed by atoms with Gasteiger partial charge in [-0.15, -0.1) is 0 Å². The summed E-state index contributed by atoms with van der Waals surface area (Å²) in [5.74, 6) is -0.366. The Morgan fingerprint density at radius 3 is 2.36 bits per heavy atom. The molecule has 1 atom stereocenters. The highest BCUT2D eigenvalue weighted by atomic mass is 14.3. The number of rotatable bonds is 0. The molecule has 0 spiro atoms. The van der Waals surface area contributed by atoms with Crippen LogP contribution in [-0.2, 0) is 0 Å². The Bertz CT molecular complexity index is 359. The van der Waals surface area contributed by atoms with Gasteiger partial charge >= 0.3 is 0 Å². The van der Waals surface area contributed by atoms with Gasteiger partial charge in [0, 0.05) is 5.57 Å². The SMILES string of the molecule is N#C/C1=C(\C#N)C(C#N)CCCCC1. The molecule has 3 nitrogen and oxygen atoms in total. The topological polar surface area (TPSA) is 71.4 Å². The third-order valence-corrected chi connectivity index (χ3v) is 2.50. The summed E-state index contributed by atoms with van der Waals surface area (Å²) in [6.45, 7) is 0. The van der Waals surface area contributed by atoms with E-state index in [1.807, 2.05) is 12.1 Å². The molecular formula is C11H11N3. The van der Waals surface area contributed by atoms with Gasteiger partial charge in [0.05, 0.1) is 29.7 Å². The summed E-state index contributed by atoms with van der Waals surface area (Å²) < 4.78 is 0. The molecule has 1 unspecified atom stereocenters. The normalized spacial score (nSPS) is 27.6. The molecule has 14 heavy (non-hydrogen) atoms. The van der Waals surface area contributed by atoms with Crippen LogP contribution >= 0.6 is 0 Å². The predicted molar refractivity (Wildman–Crippen MR) is 50.4 cm³/mol. The smallest absolute Gasteiger partial charge is 0.0971 e. The molecule has 0 amide bonds. The molecule has 0 saturated heterocycles. The number of nitriles is 3. The number of nitrogens with zero attached hydrogens (tertiary/aromatic N) is 3. The van der Waals surface area contributed by atoms with Crippen molar-refractivity contribution in [1.29, 1.82) is 15.8 Å². The van der Waals surface area contributed by atoms with Crippen LogP contribution in [0.25, 0.3) is 0 Å². The van der Waals surface area contributed by atoms with Gasteiger partial charge in [-0.1, -0.05) is 12.8 Å². The molecule has 0 bridgehead atoms. The molecule has 0 heterocycles. The maximum absolute atomic E-state index is 8.90. The summed E-state index contributed by atoms with van der Waals surface area (Å²) in [7, 11) is 0. The van der Waals surface area contributed by atoms with E-state index in [1.165, 1.54) is 0 Å². The fourth-order valence-electron chi connectivity index (χ4n) is 1.71. The van der Waals surface area contributed by atoms with E-state index in [4.69, 9.17) is 15.8 Å². The Morgan fingerprint density at radius 1 is 1.00 bits per heavy atom. The second-order valence-electron chi connectivity index (χ2n) is 3.40. The minimum Gasteiger partial charge on any atom is -0.198 e. The highest BCUT2D eigenvalue weighted by molar-refractivity contribution is 5.41. The molecule has 70 valence electrons. The molecule has 1 rings (SSSR count). The summed E-state index contributed by atoms with van der Waals surface area (Å²) >= 11 is 0. The van der Waals surface area contributed by atoms with Crippen LogP contribution in [-0.4, -0.2) is 0 Å². The van der Waals surface area contributed by atoms with E-state index in [0.29, 0.717) is 24.0 Å². The predicted octanol–water partition coefficient (Wildman–Crippen LogP) is 2.43. The van der Waals surface area contributed by atoms with Crippen molar-refractivity contribution in [3.8, 4) is 18.2 Å². The molecule has 0 aliphatic heterocycles. The number of hydrogen-bond acceptors (Lipinski definition) is 3. The van der Waals surface area contributed by atoms with Gasteiger partial charge in [0.15, 0.2) is 0 Å². The third-order valence-electron chi connectivity index (χ3n) is 2.50. The first kappa shape index (κ1) is 10.3. The largest absolute Gasteiger partial charge is 0.198 e. The van der Waals surface area contributed by atoms with Crippen molar-refractivity contribution in [2.45, 2.75) is 32.1 Å². The van der Waals surface area contributed by atoms with E-state index < -0.39 is 0 Å². The van der Waals surface area contributed by atoms with E-state index in [-0.39, 0.29) is 5.92 Å². The first-order chi connectivity index (χ1) is 6.83. The molecule has 0 saturated carbocycles. The highest BCUT2D eigenvalue weighted by Gasteiger charge is 2.19. The van der Waals surface area contributed by atoms with Gasteiger partial charge in [-0.2, -0.15) is 15.8 Å². The standard InChI is InChI=1S/C11H11N3/c12-6-9-4-2-1-3-5-10(7-13)11(9)8-14/h9H,1-5H2/b11-10+. The fourth-order valence-corrected chi connectivity index (χ4v) is 1.71. The molecule has 0 aromatic carbocycles. The third kappa shape index (κ3) is 2.12. The average Bonchev–Trinajstić information content (AvgIpc) is 2.18. The van der Waals surface area contributed by atoms with Crippen molar-refractivity contribution < 1.29 is 0 Å². The Balaban J connectivity index is 3.07. The molecule has 1 aliphatic carbocycles. The molecular weight excluding hydrogens is 174 g/mol. The summed E-state index contributed by atoms with van der Waals surface area (Å²) in [5.41, 5.74) is 0.911. The van der Waals surface area contributed by atoms with Gasteiger partial charge in [0.2, 0.25) is 0 Å². The van der Waals surface area contributed by atoms with Crippen molar-refractivity contribution in [1.82, 2.24) is 0 Å². The van der Waals surface area contributed by atoms with Crippen LogP contribution in [0, 0.1) is 39.9 Å². The van der Waals surface area contributed by atoms with Crippen LogP contribution in [0.15, 0.2) is 11.1 Å². The molecule has 0 N–H and O–H groups in total. The molecule has 0 fully saturated rings. The van der Waals surface area contributed by atoms with Crippen LogP contribution in [0.4, 0.5) is 0 Å². The van der Waals surface area contributed by atoms with E-state index in [0.717, 1.165) is 19.3 Å². The lowest BCUT2D eigenvalue weighted by Crippen LogP contribution is -2.06. The summed E-state index contributed by atoms with van der Waals surface area (Å²) in [6.07, 6.45) is 4.33. The fraction of sp³-hybridized carbons (Fsp3) is 0.545. The molecule has 3 heteroatoms. The maximum atomic E-state index is 8.90. The van der Waals surface area contributed by atoms with Crippen molar-refractivity contribution in [3.63, 3.8) is 0 Å². The van der Waals surface area contributed by atoms with Gasteiger partial charge < -0.3 is 0 Å². The van der Waals surface area contributed by atoms with Gasteiger partial charge in [0.1, 0.15) is 0 Å². The lowest BCUT2D eigenvalue weighted by molar-refractivity contribution is 0.570. The Hall–Kier alpha value is -1.79. The minimum atomic E-state index is -0.366. The quantitative estimate of drug-likeness (QED) is 0.581. The number of hydrogen-bond donors (Lipinski definition) is 0. The van der Waals surface area contributed by atoms with E-state index >= 15 is 0 Å². The zero-order valence-corrected chi connectivity index (χ0v) is 7.95. The summed E-state index contributed by atoms with van der Waals surface area (Å²) in [4.78, 5) is 0. The maximum Gasteiger partial charge on any atom is 0.0971 e. The Morgan fingerprint density at radius 2 is 1.79 bits per heavy atom. The van der Waals surface area contributed by atoms with Crippen molar-refractivity contribution in [2.24, 2.45) is 5.92 Å². The van der Waals surface area contributed by atoms with Crippen LogP contribution in [0.5, 0.6) is 0 Å². The van der Waals surface area contributed by atoms with Gasteiger partial charge in [-0.3, -0.25) is 0 Å². The van der Waals surface area contributed by atoms with Crippen molar-refractivity contribution >= 4 is 0 Å². The molecule has 0 aromatic heterocycles. The van der Waals surface area contributed by atoms with Crippen LogP contribution in [0.2, 0.25) is 0 Å². The first-order valence-corrected chi connectivity index (χ1v) is 4.76. The lowest BCUT2D eigenvalue weighted by atomic mass is 9.87.